The summed E-state index contributed by atoms with van der Waals surface area (Å²) in [6.45, 7) is 0.414. The van der Waals surface area contributed by atoms with Gasteiger partial charge >= 0.3 is 6.18 Å². The monoisotopic (exact) mass is 313 g/mol. The molecule has 22 heavy (non-hydrogen) atoms. The van der Waals surface area contributed by atoms with E-state index in [0.29, 0.717) is 13.3 Å². The molecule has 0 fully saturated rings. The maximum absolute atomic E-state index is 12.4. The third-order valence-electron chi connectivity index (χ3n) is 3.10. The van der Waals surface area contributed by atoms with Crippen LogP contribution in [0.15, 0.2) is 30.3 Å². The number of carbonyl (C=O) groups excluding carboxylic acids is 1. The Labute approximate surface area is 127 Å². The van der Waals surface area contributed by atoms with Gasteiger partial charge in [0.15, 0.2) is 0 Å². The van der Waals surface area contributed by atoms with Crippen LogP contribution in [0.2, 0.25) is 0 Å². The average Bonchev–Trinajstić information content (AvgIpc) is 2.44. The molecule has 1 N–H and O–H groups in total. The first-order valence-electron chi connectivity index (χ1n) is 6.70. The van der Waals surface area contributed by atoms with Gasteiger partial charge in [0.1, 0.15) is 0 Å². The van der Waals surface area contributed by atoms with E-state index in [9.17, 15) is 18.0 Å². The molecular weight excluding hydrogens is 295 g/mol. The minimum absolute atomic E-state index is 0.167. The van der Waals surface area contributed by atoms with Crippen LogP contribution in [0, 0.1) is 11.8 Å². The normalized spacial score (nSPS) is 13.7. The molecule has 0 bridgehead atoms. The van der Waals surface area contributed by atoms with Crippen molar-refractivity contribution in [3.8, 4) is 11.8 Å². The summed E-state index contributed by atoms with van der Waals surface area (Å²) in [5, 5.41) is 9.15. The molecule has 1 aromatic carbocycles. The minimum Gasteiger partial charge on any atom is -0.370 e. The largest absolute Gasteiger partial charge is 0.428 e. The van der Waals surface area contributed by atoms with Gasteiger partial charge < -0.3 is 10.0 Å². The van der Waals surface area contributed by atoms with Gasteiger partial charge in [0, 0.05) is 13.5 Å². The molecule has 1 aromatic rings. The minimum atomic E-state index is -4.82. The van der Waals surface area contributed by atoms with Gasteiger partial charge in [0.05, 0.1) is 6.54 Å². The summed E-state index contributed by atoms with van der Waals surface area (Å²) in [7, 11) is 1.46. The third-order valence-corrected chi connectivity index (χ3v) is 3.10. The summed E-state index contributed by atoms with van der Waals surface area (Å²) in [4.78, 5) is 13.1. The van der Waals surface area contributed by atoms with Crippen LogP contribution in [0.3, 0.4) is 0 Å². The smallest absolute Gasteiger partial charge is 0.370 e. The van der Waals surface area contributed by atoms with Gasteiger partial charge in [-0.15, -0.1) is 0 Å². The van der Waals surface area contributed by atoms with Crippen molar-refractivity contribution in [1.82, 2.24) is 4.90 Å². The van der Waals surface area contributed by atoms with Crippen LogP contribution in [-0.4, -0.2) is 41.3 Å². The molecule has 0 heterocycles. The highest BCUT2D eigenvalue weighted by Gasteiger charge is 2.48. The number of hydrogen-bond acceptors (Lipinski definition) is 2. The topological polar surface area (TPSA) is 40.5 Å². The van der Waals surface area contributed by atoms with E-state index in [1.165, 1.54) is 11.9 Å². The molecule has 3 nitrogen and oxygen atoms in total. The van der Waals surface area contributed by atoms with Crippen LogP contribution >= 0.6 is 0 Å². The number of halogens is 3. The van der Waals surface area contributed by atoms with Gasteiger partial charge in [-0.25, -0.2) is 0 Å². The standard InChI is InChI=1S/C16H18F3NO2/c1-15(22,16(17,18)19)11-6-12-20(2)14(21)10-9-13-7-4-3-5-8-13/h3-5,7-8,22H,9-10,12H2,1-2H3. The predicted molar refractivity (Wildman–Crippen MR) is 76.9 cm³/mol. The molecule has 6 heteroatoms. The van der Waals surface area contributed by atoms with Crippen molar-refractivity contribution in [2.45, 2.75) is 31.5 Å². The van der Waals surface area contributed by atoms with Crippen molar-refractivity contribution in [2.75, 3.05) is 13.6 Å². The van der Waals surface area contributed by atoms with E-state index in [1.807, 2.05) is 30.3 Å². The predicted octanol–water partition coefficient (Wildman–Crippen LogP) is 2.39. The number of aliphatic hydroxyl groups is 1. The van der Waals surface area contributed by atoms with E-state index >= 15 is 0 Å². The lowest BCUT2D eigenvalue weighted by Gasteiger charge is -2.20. The molecule has 0 saturated heterocycles. The molecule has 120 valence electrons. The summed E-state index contributed by atoms with van der Waals surface area (Å²) in [5.74, 6) is 3.72. The fourth-order valence-electron chi connectivity index (χ4n) is 1.58. The van der Waals surface area contributed by atoms with E-state index in [1.54, 1.807) is 5.92 Å². The molecule has 0 aliphatic heterocycles. The third kappa shape index (κ3) is 5.41. The second-order valence-electron chi connectivity index (χ2n) is 5.11. The van der Waals surface area contributed by atoms with Crippen molar-refractivity contribution >= 4 is 5.91 Å². The van der Waals surface area contributed by atoms with Gasteiger partial charge in [0.2, 0.25) is 11.5 Å². The van der Waals surface area contributed by atoms with Crippen LogP contribution in [0.1, 0.15) is 18.9 Å². The molecule has 0 saturated carbocycles. The molecule has 0 aromatic heterocycles. The first-order valence-corrected chi connectivity index (χ1v) is 6.70. The number of aryl methyl sites for hydroxylation is 1. The maximum Gasteiger partial charge on any atom is 0.428 e. The van der Waals surface area contributed by atoms with Gasteiger partial charge in [-0.05, 0) is 18.9 Å². The van der Waals surface area contributed by atoms with Crippen molar-refractivity contribution in [3.05, 3.63) is 35.9 Å². The summed E-state index contributed by atoms with van der Waals surface area (Å²) < 4.78 is 37.2. The molecule has 0 radical (unpaired) electrons. The Kier molecular flexibility index (Phi) is 6.01. The zero-order valence-corrected chi connectivity index (χ0v) is 12.4. The fourth-order valence-corrected chi connectivity index (χ4v) is 1.58. The summed E-state index contributed by atoms with van der Waals surface area (Å²) >= 11 is 0. The summed E-state index contributed by atoms with van der Waals surface area (Å²) in [6, 6.07) is 9.41. The first kappa shape index (κ1) is 18.1. The Hall–Kier alpha value is -2.00. The van der Waals surface area contributed by atoms with E-state index in [2.05, 4.69) is 5.92 Å². The van der Waals surface area contributed by atoms with E-state index < -0.39 is 11.8 Å². The van der Waals surface area contributed by atoms with Crippen LogP contribution in [0.4, 0.5) is 13.2 Å². The van der Waals surface area contributed by atoms with Crippen molar-refractivity contribution in [2.24, 2.45) is 0 Å². The van der Waals surface area contributed by atoms with Gasteiger partial charge in [-0.3, -0.25) is 4.79 Å². The van der Waals surface area contributed by atoms with Crippen LogP contribution in [-0.2, 0) is 11.2 Å². The second kappa shape index (κ2) is 7.32. The molecule has 1 unspecified atom stereocenters. The Balaban J connectivity index is 2.49. The molecule has 1 rings (SSSR count). The van der Waals surface area contributed by atoms with Crippen LogP contribution < -0.4 is 0 Å². The van der Waals surface area contributed by atoms with Crippen LogP contribution in [0.5, 0.6) is 0 Å². The number of alkyl halides is 3. The fraction of sp³-hybridized carbons (Fsp3) is 0.438. The van der Waals surface area contributed by atoms with Gasteiger partial charge in [-0.1, -0.05) is 42.2 Å². The maximum atomic E-state index is 12.4. The Morgan fingerprint density at radius 2 is 1.86 bits per heavy atom. The highest BCUT2D eigenvalue weighted by atomic mass is 19.4. The quantitative estimate of drug-likeness (QED) is 0.867. The Bertz CT molecular complexity index is 556. The molecule has 0 aliphatic rings. The number of carbonyl (C=O) groups is 1. The van der Waals surface area contributed by atoms with Gasteiger partial charge in [0.25, 0.3) is 0 Å². The highest BCUT2D eigenvalue weighted by molar-refractivity contribution is 5.76. The number of hydrogen-bond donors (Lipinski definition) is 1. The highest BCUT2D eigenvalue weighted by Crippen LogP contribution is 2.28. The number of benzene rings is 1. The van der Waals surface area contributed by atoms with E-state index in [4.69, 9.17) is 5.11 Å². The number of nitrogens with zero attached hydrogens (tertiary/aromatic N) is 1. The lowest BCUT2D eigenvalue weighted by atomic mass is 10.1. The molecule has 1 amide bonds. The average molecular weight is 313 g/mol. The van der Waals surface area contributed by atoms with Gasteiger partial charge in [-0.2, -0.15) is 13.2 Å². The molecule has 0 spiro atoms. The second-order valence-corrected chi connectivity index (χ2v) is 5.11. The summed E-state index contributed by atoms with van der Waals surface area (Å²) in [6.07, 6.45) is -4.02. The molecule has 0 aliphatic carbocycles. The van der Waals surface area contributed by atoms with Crippen molar-refractivity contribution < 1.29 is 23.1 Å². The number of rotatable bonds is 4. The summed E-state index contributed by atoms with van der Waals surface area (Å²) in [5.41, 5.74) is -2.06. The van der Waals surface area contributed by atoms with E-state index in [-0.39, 0.29) is 18.9 Å². The first-order chi connectivity index (χ1) is 10.1. The Morgan fingerprint density at radius 3 is 2.41 bits per heavy atom. The number of amides is 1. The Morgan fingerprint density at radius 1 is 1.27 bits per heavy atom. The van der Waals surface area contributed by atoms with Crippen molar-refractivity contribution in [3.63, 3.8) is 0 Å². The molecule has 1 atom stereocenters. The van der Waals surface area contributed by atoms with Crippen LogP contribution in [0.25, 0.3) is 0 Å². The lowest BCUT2D eigenvalue weighted by Crippen LogP contribution is -2.40. The van der Waals surface area contributed by atoms with Crippen molar-refractivity contribution in [1.29, 1.82) is 0 Å². The zero-order chi connectivity index (χ0) is 16.8. The lowest BCUT2D eigenvalue weighted by molar-refractivity contribution is -0.228. The zero-order valence-electron chi connectivity index (χ0n) is 12.4. The molecular formula is C16H18F3NO2. The van der Waals surface area contributed by atoms with E-state index in [0.717, 1.165) is 5.56 Å². The SMILES string of the molecule is CN(CC#CC(C)(O)C(F)(F)F)C(=O)CCc1ccccc1.